The Hall–Kier alpha value is -4.17. The first-order chi connectivity index (χ1) is 16.0. The lowest BCUT2D eigenvalue weighted by molar-refractivity contribution is -0.105. The summed E-state index contributed by atoms with van der Waals surface area (Å²) in [5.74, 6) is 0.0783. The largest absolute Gasteiger partial charge is 0.350 e. The van der Waals surface area contributed by atoms with Crippen LogP contribution in [0.4, 0.5) is 5.95 Å². The second-order valence-electron chi connectivity index (χ2n) is 7.61. The highest BCUT2D eigenvalue weighted by Crippen LogP contribution is 2.28. The van der Waals surface area contributed by atoms with Gasteiger partial charge in [-0.05, 0) is 53.1 Å². The molecule has 2 N–H and O–H groups in total. The number of fused-ring (bicyclic) bond motifs is 2. The van der Waals surface area contributed by atoms with Crippen LogP contribution in [0.3, 0.4) is 0 Å². The van der Waals surface area contributed by atoms with Crippen LogP contribution in [0.1, 0.15) is 15.9 Å². The number of carbonyl (C=O) groups is 2. The molecule has 2 amide bonds. The number of rotatable bonds is 6. The third kappa shape index (κ3) is 4.04. The van der Waals surface area contributed by atoms with E-state index in [4.69, 9.17) is 11.6 Å². The Morgan fingerprint density at radius 1 is 1.12 bits per heavy atom. The van der Waals surface area contributed by atoms with Gasteiger partial charge in [-0.25, -0.2) is 4.52 Å². The summed E-state index contributed by atoms with van der Waals surface area (Å²) < 4.78 is 3.53. The molecule has 0 atom stereocenters. The Balaban J connectivity index is 1.47. The van der Waals surface area contributed by atoms with E-state index in [1.807, 2.05) is 66.3 Å². The molecule has 0 aliphatic carbocycles. The van der Waals surface area contributed by atoms with Gasteiger partial charge in [0, 0.05) is 41.9 Å². The molecule has 33 heavy (non-hydrogen) atoms. The maximum Gasteiger partial charge on any atom is 0.253 e. The minimum atomic E-state index is -0.157. The van der Waals surface area contributed by atoms with E-state index in [9.17, 15) is 9.59 Å². The number of nitrogens with one attached hydrogen (secondary N) is 2. The highest BCUT2D eigenvalue weighted by molar-refractivity contribution is 6.30. The minimum Gasteiger partial charge on any atom is -0.350 e. The number of hydrogen-bond acceptors (Lipinski definition) is 4. The summed E-state index contributed by atoms with van der Waals surface area (Å²) in [6, 6.07) is 17.2. The Labute approximate surface area is 193 Å². The third-order valence-electron chi connectivity index (χ3n) is 5.44. The van der Waals surface area contributed by atoms with Crippen LogP contribution in [0.5, 0.6) is 0 Å². The molecule has 5 aromatic rings. The number of benzene rings is 2. The highest BCUT2D eigenvalue weighted by atomic mass is 35.5. The summed E-state index contributed by atoms with van der Waals surface area (Å²) in [6.45, 7) is 0.385. The van der Waals surface area contributed by atoms with Gasteiger partial charge in [0.1, 0.15) is 0 Å². The van der Waals surface area contributed by atoms with Crippen LogP contribution < -0.4 is 10.6 Å². The summed E-state index contributed by atoms with van der Waals surface area (Å²) in [5, 5.41) is 11.1. The summed E-state index contributed by atoms with van der Waals surface area (Å²) >= 11 is 6.04. The second kappa shape index (κ2) is 8.40. The Bertz CT molecular complexity index is 1520. The number of anilines is 1. The zero-order chi connectivity index (χ0) is 22.9. The normalized spacial score (nSPS) is 11.1. The van der Waals surface area contributed by atoms with Gasteiger partial charge in [-0.2, -0.15) is 4.98 Å². The summed E-state index contributed by atoms with van der Waals surface area (Å²) in [5.41, 5.74) is 4.94. The molecule has 0 aliphatic rings. The molecule has 2 aromatic carbocycles. The van der Waals surface area contributed by atoms with Crippen molar-refractivity contribution in [3.8, 4) is 11.1 Å². The van der Waals surface area contributed by atoms with Crippen molar-refractivity contribution < 1.29 is 9.59 Å². The number of halogens is 1. The predicted octanol–water partition coefficient (Wildman–Crippen LogP) is 4.04. The Morgan fingerprint density at radius 3 is 2.79 bits per heavy atom. The van der Waals surface area contributed by atoms with E-state index in [-0.39, 0.29) is 11.9 Å². The third-order valence-corrected chi connectivity index (χ3v) is 5.67. The fourth-order valence-electron chi connectivity index (χ4n) is 3.85. The molecule has 0 radical (unpaired) electrons. The molecular formula is C24H19ClN6O2. The van der Waals surface area contributed by atoms with E-state index in [2.05, 4.69) is 20.7 Å². The molecule has 0 unspecified atom stereocenters. The number of aryl methyl sites for hydroxylation is 1. The fourth-order valence-corrected chi connectivity index (χ4v) is 4.06. The molecule has 3 heterocycles. The van der Waals surface area contributed by atoms with Crippen molar-refractivity contribution in [3.63, 3.8) is 0 Å². The van der Waals surface area contributed by atoms with E-state index in [0.29, 0.717) is 29.2 Å². The Kier molecular flexibility index (Phi) is 5.27. The lowest BCUT2D eigenvalue weighted by Crippen LogP contribution is -2.22. The molecule has 0 saturated carbocycles. The van der Waals surface area contributed by atoms with E-state index in [1.165, 1.54) is 0 Å². The van der Waals surface area contributed by atoms with E-state index < -0.39 is 0 Å². The maximum atomic E-state index is 13.0. The summed E-state index contributed by atoms with van der Waals surface area (Å²) in [4.78, 5) is 27.9. The van der Waals surface area contributed by atoms with Crippen LogP contribution in [0.2, 0.25) is 5.02 Å². The van der Waals surface area contributed by atoms with Crippen LogP contribution in [0.15, 0.2) is 67.0 Å². The van der Waals surface area contributed by atoms with Crippen molar-refractivity contribution in [1.29, 1.82) is 0 Å². The number of nitrogens with zero attached hydrogens (tertiary/aromatic N) is 4. The zero-order valence-corrected chi connectivity index (χ0v) is 18.4. The SMILES string of the molecule is Cn1cc(C(=O)NCc2cccc(Cl)c2)c2cc(-c3ccn4nc(NC=O)nc4c3)ccc21. The monoisotopic (exact) mass is 458 g/mol. The molecule has 8 nitrogen and oxygen atoms in total. The molecular weight excluding hydrogens is 440 g/mol. The van der Waals surface area contributed by atoms with E-state index >= 15 is 0 Å². The number of hydrogen-bond donors (Lipinski definition) is 2. The minimum absolute atomic E-state index is 0.157. The van der Waals surface area contributed by atoms with Gasteiger partial charge in [-0.15, -0.1) is 5.10 Å². The Morgan fingerprint density at radius 2 is 1.97 bits per heavy atom. The number of amides is 2. The topological polar surface area (TPSA) is 93.3 Å². The molecule has 5 rings (SSSR count). The zero-order valence-electron chi connectivity index (χ0n) is 17.6. The van der Waals surface area contributed by atoms with Gasteiger partial charge in [0.15, 0.2) is 5.65 Å². The van der Waals surface area contributed by atoms with Crippen molar-refractivity contribution in [2.45, 2.75) is 6.54 Å². The van der Waals surface area contributed by atoms with Crippen molar-refractivity contribution in [3.05, 3.63) is 83.1 Å². The van der Waals surface area contributed by atoms with Crippen LogP contribution in [-0.4, -0.2) is 31.5 Å². The first kappa shape index (κ1) is 20.7. The van der Waals surface area contributed by atoms with Gasteiger partial charge in [0.25, 0.3) is 5.91 Å². The second-order valence-corrected chi connectivity index (χ2v) is 8.05. The van der Waals surface area contributed by atoms with Crippen LogP contribution in [0.25, 0.3) is 27.7 Å². The van der Waals surface area contributed by atoms with Crippen molar-refractivity contribution >= 4 is 46.4 Å². The van der Waals surface area contributed by atoms with Gasteiger partial charge in [-0.3, -0.25) is 14.9 Å². The van der Waals surface area contributed by atoms with Crippen LogP contribution >= 0.6 is 11.6 Å². The lowest BCUT2D eigenvalue weighted by atomic mass is 10.0. The van der Waals surface area contributed by atoms with Gasteiger partial charge >= 0.3 is 0 Å². The standard InChI is InChI=1S/C24H19ClN6O2/c1-30-13-20(23(33)26-12-15-3-2-4-18(25)9-15)19-10-16(5-6-21(19)30)17-7-8-31-22(11-17)28-24(29-31)27-14-32/h2-11,13-14H,12H2,1H3,(H,26,33)(H,27,29,32). The van der Waals surface area contributed by atoms with Crippen molar-refractivity contribution in [1.82, 2.24) is 24.5 Å². The first-order valence-electron chi connectivity index (χ1n) is 10.2. The predicted molar refractivity (Wildman–Crippen MR) is 127 cm³/mol. The average molecular weight is 459 g/mol. The van der Waals surface area contributed by atoms with Gasteiger partial charge < -0.3 is 9.88 Å². The number of carbonyl (C=O) groups excluding carboxylic acids is 2. The van der Waals surface area contributed by atoms with E-state index in [1.54, 1.807) is 16.8 Å². The molecule has 0 fully saturated rings. The summed E-state index contributed by atoms with van der Waals surface area (Å²) in [7, 11) is 1.92. The quantitative estimate of drug-likeness (QED) is 0.375. The molecule has 0 spiro atoms. The van der Waals surface area contributed by atoms with Crippen LogP contribution in [0, 0.1) is 0 Å². The van der Waals surface area contributed by atoms with Gasteiger partial charge in [0.05, 0.1) is 5.56 Å². The fraction of sp³-hybridized carbons (Fsp3) is 0.0833. The first-order valence-corrected chi connectivity index (χ1v) is 10.6. The van der Waals surface area contributed by atoms with Crippen molar-refractivity contribution in [2.24, 2.45) is 7.05 Å². The lowest BCUT2D eigenvalue weighted by Gasteiger charge is -2.06. The molecule has 0 saturated heterocycles. The molecule has 3 aromatic heterocycles. The number of aromatic nitrogens is 4. The highest BCUT2D eigenvalue weighted by Gasteiger charge is 2.15. The molecule has 0 bridgehead atoms. The molecule has 9 heteroatoms. The molecule has 164 valence electrons. The van der Waals surface area contributed by atoms with Crippen LogP contribution in [-0.2, 0) is 18.4 Å². The van der Waals surface area contributed by atoms with Gasteiger partial charge in [0.2, 0.25) is 12.4 Å². The molecule has 0 aliphatic heterocycles. The van der Waals surface area contributed by atoms with Crippen molar-refractivity contribution in [2.75, 3.05) is 5.32 Å². The number of pyridine rings is 1. The average Bonchev–Trinajstić information content (AvgIpc) is 3.37. The van der Waals surface area contributed by atoms with Gasteiger partial charge in [-0.1, -0.05) is 29.8 Å². The maximum absolute atomic E-state index is 13.0. The summed E-state index contributed by atoms with van der Waals surface area (Å²) in [6.07, 6.45) is 4.15. The van der Waals surface area contributed by atoms with E-state index in [0.717, 1.165) is 27.6 Å². The smallest absolute Gasteiger partial charge is 0.253 e.